The van der Waals surface area contributed by atoms with E-state index in [2.05, 4.69) is 5.32 Å². The van der Waals surface area contributed by atoms with Crippen molar-refractivity contribution in [3.05, 3.63) is 29.3 Å². The lowest BCUT2D eigenvalue weighted by atomic mass is 9.98. The van der Waals surface area contributed by atoms with Crippen LogP contribution in [-0.4, -0.2) is 6.54 Å². The van der Waals surface area contributed by atoms with E-state index in [9.17, 15) is 8.78 Å². The Morgan fingerprint density at radius 2 is 2.00 bits per heavy atom. The molecule has 1 atom stereocenters. The number of nitrogens with two attached hydrogens (primary N) is 1. The van der Waals surface area contributed by atoms with Gasteiger partial charge in [-0.05, 0) is 18.1 Å². The average molecular weight is 184 g/mol. The summed E-state index contributed by atoms with van der Waals surface area (Å²) >= 11 is 0. The molecule has 1 unspecified atom stereocenters. The lowest BCUT2D eigenvalue weighted by Gasteiger charge is -2.23. The Balaban J connectivity index is 2.52. The van der Waals surface area contributed by atoms with Gasteiger partial charge in [0.15, 0.2) is 11.6 Å². The standard InChI is InChI=1S/C9H10F2N2/c10-6-3-5-8(12)1-2-13-9(5)4-7(6)11/h3-4,8,13H,1-2,12H2. The first-order valence-corrected chi connectivity index (χ1v) is 4.17. The third-order valence-electron chi connectivity index (χ3n) is 2.26. The zero-order valence-corrected chi connectivity index (χ0v) is 6.98. The van der Waals surface area contributed by atoms with Crippen LogP contribution in [0.15, 0.2) is 12.1 Å². The van der Waals surface area contributed by atoms with Crippen molar-refractivity contribution in [2.24, 2.45) is 5.73 Å². The molecule has 0 aromatic heterocycles. The summed E-state index contributed by atoms with van der Waals surface area (Å²) in [6.07, 6.45) is 0.748. The second kappa shape index (κ2) is 2.96. The highest BCUT2D eigenvalue weighted by Crippen LogP contribution is 2.29. The molecular formula is C9H10F2N2. The number of anilines is 1. The minimum Gasteiger partial charge on any atom is -0.385 e. The van der Waals surface area contributed by atoms with Gasteiger partial charge in [-0.1, -0.05) is 0 Å². The first kappa shape index (κ1) is 8.44. The smallest absolute Gasteiger partial charge is 0.160 e. The quantitative estimate of drug-likeness (QED) is 0.645. The Hall–Kier alpha value is -1.16. The monoisotopic (exact) mass is 184 g/mol. The summed E-state index contributed by atoms with van der Waals surface area (Å²) in [4.78, 5) is 0. The van der Waals surface area contributed by atoms with Crippen molar-refractivity contribution >= 4 is 5.69 Å². The molecule has 2 nitrogen and oxygen atoms in total. The SMILES string of the molecule is NC1CCNc2cc(F)c(F)cc21. The molecule has 3 N–H and O–H groups in total. The highest BCUT2D eigenvalue weighted by Gasteiger charge is 2.18. The Bertz CT molecular complexity index is 339. The van der Waals surface area contributed by atoms with Crippen LogP contribution >= 0.6 is 0 Å². The number of hydrogen-bond donors (Lipinski definition) is 2. The maximum Gasteiger partial charge on any atom is 0.160 e. The van der Waals surface area contributed by atoms with Crippen LogP contribution in [0.1, 0.15) is 18.0 Å². The zero-order valence-electron chi connectivity index (χ0n) is 6.98. The van der Waals surface area contributed by atoms with Crippen molar-refractivity contribution in [1.29, 1.82) is 0 Å². The Morgan fingerprint density at radius 1 is 1.31 bits per heavy atom. The molecule has 0 saturated heterocycles. The van der Waals surface area contributed by atoms with E-state index in [0.29, 0.717) is 17.8 Å². The predicted molar refractivity (Wildman–Crippen MR) is 46.4 cm³/mol. The average Bonchev–Trinajstić information content (AvgIpc) is 2.09. The van der Waals surface area contributed by atoms with Crippen molar-refractivity contribution in [2.45, 2.75) is 12.5 Å². The maximum absolute atomic E-state index is 12.8. The van der Waals surface area contributed by atoms with Crippen molar-refractivity contribution < 1.29 is 8.78 Å². The van der Waals surface area contributed by atoms with Gasteiger partial charge >= 0.3 is 0 Å². The molecule has 1 aromatic rings. The van der Waals surface area contributed by atoms with Crippen LogP contribution in [0.4, 0.5) is 14.5 Å². The molecule has 4 heteroatoms. The van der Waals surface area contributed by atoms with Gasteiger partial charge < -0.3 is 11.1 Å². The molecule has 0 saturated carbocycles. The molecule has 1 aromatic carbocycles. The lowest BCUT2D eigenvalue weighted by Crippen LogP contribution is -2.22. The van der Waals surface area contributed by atoms with Gasteiger partial charge in [0, 0.05) is 24.3 Å². The van der Waals surface area contributed by atoms with Gasteiger partial charge in [0.05, 0.1) is 0 Å². The van der Waals surface area contributed by atoms with Crippen molar-refractivity contribution in [3.8, 4) is 0 Å². The zero-order chi connectivity index (χ0) is 9.42. The van der Waals surface area contributed by atoms with Crippen molar-refractivity contribution in [3.63, 3.8) is 0 Å². The van der Waals surface area contributed by atoms with E-state index in [0.717, 1.165) is 12.5 Å². The van der Waals surface area contributed by atoms with Crippen LogP contribution in [0.25, 0.3) is 0 Å². The number of fused-ring (bicyclic) bond motifs is 1. The second-order valence-corrected chi connectivity index (χ2v) is 3.18. The lowest BCUT2D eigenvalue weighted by molar-refractivity contribution is 0.503. The van der Waals surface area contributed by atoms with E-state index in [1.165, 1.54) is 6.07 Å². The predicted octanol–water partition coefficient (Wildman–Crippen LogP) is 1.78. The Labute approximate surface area is 74.7 Å². The summed E-state index contributed by atoms with van der Waals surface area (Å²) in [6, 6.07) is 2.14. The highest BCUT2D eigenvalue weighted by molar-refractivity contribution is 5.54. The summed E-state index contributed by atoms with van der Waals surface area (Å²) in [6.45, 7) is 0.708. The third kappa shape index (κ3) is 1.37. The highest BCUT2D eigenvalue weighted by atomic mass is 19.2. The molecule has 0 bridgehead atoms. The Kier molecular flexibility index (Phi) is 1.92. The van der Waals surface area contributed by atoms with Gasteiger partial charge in [-0.3, -0.25) is 0 Å². The van der Waals surface area contributed by atoms with E-state index in [4.69, 9.17) is 5.73 Å². The number of benzene rings is 1. The molecule has 1 aliphatic heterocycles. The fourth-order valence-corrected chi connectivity index (χ4v) is 1.54. The van der Waals surface area contributed by atoms with Crippen LogP contribution in [0, 0.1) is 11.6 Å². The molecule has 0 spiro atoms. The Morgan fingerprint density at radius 3 is 2.77 bits per heavy atom. The number of halogens is 2. The first-order chi connectivity index (χ1) is 6.18. The first-order valence-electron chi connectivity index (χ1n) is 4.17. The maximum atomic E-state index is 12.8. The number of hydrogen-bond acceptors (Lipinski definition) is 2. The molecule has 0 amide bonds. The second-order valence-electron chi connectivity index (χ2n) is 3.18. The fourth-order valence-electron chi connectivity index (χ4n) is 1.54. The van der Waals surface area contributed by atoms with Gasteiger partial charge in [0.25, 0.3) is 0 Å². The van der Waals surface area contributed by atoms with Gasteiger partial charge in [0.2, 0.25) is 0 Å². The molecule has 70 valence electrons. The topological polar surface area (TPSA) is 38.0 Å². The molecule has 13 heavy (non-hydrogen) atoms. The third-order valence-corrected chi connectivity index (χ3v) is 2.26. The van der Waals surface area contributed by atoms with Crippen LogP contribution < -0.4 is 11.1 Å². The summed E-state index contributed by atoms with van der Waals surface area (Å²) in [5.74, 6) is -1.67. The minimum atomic E-state index is -0.835. The van der Waals surface area contributed by atoms with Crippen molar-refractivity contribution in [2.75, 3.05) is 11.9 Å². The molecule has 0 aliphatic carbocycles. The van der Waals surface area contributed by atoms with Gasteiger partial charge in [-0.2, -0.15) is 0 Å². The van der Waals surface area contributed by atoms with Gasteiger partial charge in [-0.15, -0.1) is 0 Å². The van der Waals surface area contributed by atoms with Crippen LogP contribution in [-0.2, 0) is 0 Å². The molecule has 1 aliphatic rings. The fraction of sp³-hybridized carbons (Fsp3) is 0.333. The van der Waals surface area contributed by atoms with E-state index in [1.807, 2.05) is 0 Å². The molecule has 0 fully saturated rings. The largest absolute Gasteiger partial charge is 0.385 e. The minimum absolute atomic E-state index is 0.189. The van der Waals surface area contributed by atoms with E-state index in [-0.39, 0.29) is 6.04 Å². The van der Waals surface area contributed by atoms with E-state index >= 15 is 0 Å². The van der Waals surface area contributed by atoms with Crippen LogP contribution in [0.2, 0.25) is 0 Å². The number of nitrogens with one attached hydrogen (secondary N) is 1. The summed E-state index contributed by atoms with van der Waals surface area (Å²) < 4.78 is 25.6. The van der Waals surface area contributed by atoms with Crippen molar-refractivity contribution in [1.82, 2.24) is 0 Å². The molecule has 1 heterocycles. The summed E-state index contributed by atoms with van der Waals surface area (Å²) in [5, 5.41) is 2.97. The van der Waals surface area contributed by atoms with Crippen LogP contribution in [0.3, 0.4) is 0 Å². The molecule has 0 radical (unpaired) electrons. The summed E-state index contributed by atoms with van der Waals surface area (Å²) in [7, 11) is 0. The van der Waals surface area contributed by atoms with E-state index < -0.39 is 11.6 Å². The van der Waals surface area contributed by atoms with Gasteiger partial charge in [-0.25, -0.2) is 8.78 Å². The van der Waals surface area contributed by atoms with E-state index in [1.54, 1.807) is 0 Å². The molecule has 2 rings (SSSR count). The summed E-state index contributed by atoms with van der Waals surface area (Å²) in [5.41, 5.74) is 7.00. The van der Waals surface area contributed by atoms with Crippen LogP contribution in [0.5, 0.6) is 0 Å². The number of rotatable bonds is 0. The van der Waals surface area contributed by atoms with Gasteiger partial charge in [0.1, 0.15) is 0 Å². The normalized spacial score (nSPS) is 20.7. The molecular weight excluding hydrogens is 174 g/mol.